The van der Waals surface area contributed by atoms with E-state index in [1.165, 1.54) is 12.1 Å². The van der Waals surface area contributed by atoms with Gasteiger partial charge in [-0.2, -0.15) is 0 Å². The van der Waals surface area contributed by atoms with Gasteiger partial charge < -0.3 is 16.2 Å². The Labute approximate surface area is 104 Å². The number of benzene rings is 1. The first-order chi connectivity index (χ1) is 8.20. The standard InChI is InChI=1S/C10H12N2O5S/c1-18(16,17)8-3-6(2-7(11)4-8)10(15)12-5-9(13)14/h2-4H,5,11H2,1H3,(H,12,15)(H,13,14). The van der Waals surface area contributed by atoms with Gasteiger partial charge in [-0.1, -0.05) is 0 Å². The van der Waals surface area contributed by atoms with Crippen molar-refractivity contribution in [3.05, 3.63) is 23.8 Å². The molecule has 98 valence electrons. The number of carboxylic acids is 1. The van der Waals surface area contributed by atoms with E-state index >= 15 is 0 Å². The Morgan fingerprint density at radius 1 is 1.33 bits per heavy atom. The van der Waals surface area contributed by atoms with E-state index in [0.717, 1.165) is 12.3 Å². The summed E-state index contributed by atoms with van der Waals surface area (Å²) < 4.78 is 22.7. The topological polar surface area (TPSA) is 127 Å². The lowest BCUT2D eigenvalue weighted by Crippen LogP contribution is -2.29. The highest BCUT2D eigenvalue weighted by Crippen LogP contribution is 2.16. The number of amides is 1. The van der Waals surface area contributed by atoms with Crippen molar-refractivity contribution in [3.63, 3.8) is 0 Å². The molecule has 4 N–H and O–H groups in total. The molecule has 8 heteroatoms. The van der Waals surface area contributed by atoms with E-state index in [0.29, 0.717) is 0 Å². The van der Waals surface area contributed by atoms with Crippen molar-refractivity contribution < 1.29 is 23.1 Å². The number of hydrogen-bond acceptors (Lipinski definition) is 5. The van der Waals surface area contributed by atoms with E-state index in [4.69, 9.17) is 10.8 Å². The lowest BCUT2D eigenvalue weighted by molar-refractivity contribution is -0.135. The maximum absolute atomic E-state index is 11.6. The number of nitrogen functional groups attached to an aromatic ring is 1. The third-order valence-electron chi connectivity index (χ3n) is 2.02. The molecular weight excluding hydrogens is 260 g/mol. The molecular formula is C10H12N2O5S. The zero-order chi connectivity index (χ0) is 13.9. The minimum absolute atomic E-state index is 0.00308. The Morgan fingerprint density at radius 3 is 2.44 bits per heavy atom. The van der Waals surface area contributed by atoms with Crippen LogP contribution in [0.1, 0.15) is 10.4 Å². The number of carbonyl (C=O) groups excluding carboxylic acids is 1. The number of hydrogen-bond donors (Lipinski definition) is 3. The summed E-state index contributed by atoms with van der Waals surface area (Å²) in [6.07, 6.45) is 0.987. The summed E-state index contributed by atoms with van der Waals surface area (Å²) in [6.45, 7) is -0.554. The number of aliphatic carboxylic acids is 1. The molecule has 0 saturated carbocycles. The molecule has 1 aromatic rings. The molecule has 0 aromatic heterocycles. The van der Waals surface area contributed by atoms with Crippen LogP contribution in [0, 0.1) is 0 Å². The second-order valence-corrected chi connectivity index (χ2v) is 5.66. The van der Waals surface area contributed by atoms with Crippen LogP contribution in [0.4, 0.5) is 5.69 Å². The summed E-state index contributed by atoms with van der Waals surface area (Å²) in [7, 11) is -3.49. The molecule has 0 spiro atoms. The maximum atomic E-state index is 11.6. The average Bonchev–Trinajstić information content (AvgIpc) is 2.23. The first kappa shape index (κ1) is 14.0. The predicted molar refractivity (Wildman–Crippen MR) is 63.9 cm³/mol. The largest absolute Gasteiger partial charge is 0.480 e. The maximum Gasteiger partial charge on any atom is 0.322 e. The fraction of sp³-hybridized carbons (Fsp3) is 0.200. The highest BCUT2D eigenvalue weighted by Gasteiger charge is 2.13. The van der Waals surface area contributed by atoms with E-state index in [9.17, 15) is 18.0 Å². The van der Waals surface area contributed by atoms with Crippen molar-refractivity contribution >= 4 is 27.4 Å². The van der Waals surface area contributed by atoms with Gasteiger partial charge in [0.2, 0.25) is 0 Å². The van der Waals surface area contributed by atoms with Crippen LogP contribution in [0.15, 0.2) is 23.1 Å². The zero-order valence-electron chi connectivity index (χ0n) is 9.50. The van der Waals surface area contributed by atoms with Gasteiger partial charge in [0.05, 0.1) is 4.90 Å². The molecule has 0 aliphatic rings. The number of nitrogens with two attached hydrogens (primary N) is 1. The van der Waals surface area contributed by atoms with Crippen LogP contribution in [0.5, 0.6) is 0 Å². The predicted octanol–water partition coefficient (Wildman–Crippen LogP) is -0.513. The first-order valence-corrected chi connectivity index (χ1v) is 6.70. The van der Waals surface area contributed by atoms with Crippen molar-refractivity contribution in [2.45, 2.75) is 4.90 Å². The fourth-order valence-electron chi connectivity index (χ4n) is 1.23. The molecule has 1 aromatic carbocycles. The molecule has 0 bridgehead atoms. The SMILES string of the molecule is CS(=O)(=O)c1cc(N)cc(C(=O)NCC(=O)O)c1. The molecule has 0 radical (unpaired) electrons. The molecule has 1 amide bonds. The second kappa shape index (κ2) is 5.05. The molecule has 0 unspecified atom stereocenters. The number of nitrogens with one attached hydrogen (secondary N) is 1. The summed E-state index contributed by atoms with van der Waals surface area (Å²) >= 11 is 0. The number of carboxylic acid groups (broad SMARTS) is 1. The minimum atomic E-state index is -3.49. The Balaban J connectivity index is 3.07. The van der Waals surface area contributed by atoms with Crippen molar-refractivity contribution in [3.8, 4) is 0 Å². The van der Waals surface area contributed by atoms with Gasteiger partial charge in [-0.15, -0.1) is 0 Å². The molecule has 0 saturated heterocycles. The van der Waals surface area contributed by atoms with Crippen LogP contribution in [0.3, 0.4) is 0 Å². The molecule has 0 atom stereocenters. The van der Waals surface area contributed by atoms with Gasteiger partial charge >= 0.3 is 5.97 Å². The smallest absolute Gasteiger partial charge is 0.322 e. The molecule has 0 heterocycles. The summed E-state index contributed by atoms with van der Waals surface area (Å²) in [6, 6.07) is 3.64. The van der Waals surface area contributed by atoms with Crippen molar-refractivity contribution in [2.24, 2.45) is 0 Å². The highest BCUT2D eigenvalue weighted by molar-refractivity contribution is 7.90. The van der Waals surface area contributed by atoms with E-state index in [2.05, 4.69) is 5.32 Å². The lowest BCUT2D eigenvalue weighted by Gasteiger charge is -2.06. The number of anilines is 1. The number of carbonyl (C=O) groups is 2. The normalized spacial score (nSPS) is 10.9. The van der Waals surface area contributed by atoms with Crippen molar-refractivity contribution in [1.29, 1.82) is 0 Å². The highest BCUT2D eigenvalue weighted by atomic mass is 32.2. The van der Waals surface area contributed by atoms with Gasteiger partial charge in [-0.05, 0) is 18.2 Å². The van der Waals surface area contributed by atoms with Gasteiger partial charge in [0, 0.05) is 17.5 Å². The third-order valence-corrected chi connectivity index (χ3v) is 3.11. The molecule has 18 heavy (non-hydrogen) atoms. The van der Waals surface area contributed by atoms with Crippen molar-refractivity contribution in [1.82, 2.24) is 5.32 Å². The number of rotatable bonds is 4. The Morgan fingerprint density at radius 2 is 1.94 bits per heavy atom. The van der Waals surface area contributed by atoms with Crippen LogP contribution >= 0.6 is 0 Å². The minimum Gasteiger partial charge on any atom is -0.480 e. The van der Waals surface area contributed by atoms with E-state index in [1.54, 1.807) is 0 Å². The van der Waals surface area contributed by atoms with E-state index < -0.39 is 28.3 Å². The molecule has 1 rings (SSSR count). The van der Waals surface area contributed by atoms with Crippen LogP contribution in [-0.2, 0) is 14.6 Å². The quantitative estimate of drug-likeness (QED) is 0.633. The summed E-state index contributed by atoms with van der Waals surface area (Å²) in [5.74, 6) is -1.90. The zero-order valence-corrected chi connectivity index (χ0v) is 10.3. The molecule has 0 aliphatic heterocycles. The molecule has 0 aliphatic carbocycles. The summed E-state index contributed by atoms with van der Waals surface area (Å²) in [5, 5.41) is 10.5. The van der Waals surface area contributed by atoms with Gasteiger partial charge in [0.1, 0.15) is 6.54 Å². The van der Waals surface area contributed by atoms with E-state index in [1.807, 2.05) is 0 Å². The van der Waals surface area contributed by atoms with Crippen LogP contribution in [0.25, 0.3) is 0 Å². The fourth-order valence-corrected chi connectivity index (χ4v) is 1.92. The summed E-state index contributed by atoms with van der Waals surface area (Å²) in [5.41, 5.74) is 5.60. The number of sulfone groups is 1. The third kappa shape index (κ3) is 3.74. The van der Waals surface area contributed by atoms with Gasteiger partial charge in [0.25, 0.3) is 5.91 Å². The molecule has 7 nitrogen and oxygen atoms in total. The first-order valence-electron chi connectivity index (χ1n) is 4.81. The van der Waals surface area contributed by atoms with Crippen molar-refractivity contribution in [2.75, 3.05) is 18.5 Å². The lowest BCUT2D eigenvalue weighted by atomic mass is 10.2. The Kier molecular flexibility index (Phi) is 3.92. The van der Waals surface area contributed by atoms with Crippen LogP contribution < -0.4 is 11.1 Å². The Hall–Kier alpha value is -2.09. The van der Waals surface area contributed by atoms with Crippen LogP contribution in [0.2, 0.25) is 0 Å². The van der Waals surface area contributed by atoms with Gasteiger partial charge in [0.15, 0.2) is 9.84 Å². The second-order valence-electron chi connectivity index (χ2n) is 3.64. The summed E-state index contributed by atoms with van der Waals surface area (Å²) in [4.78, 5) is 21.8. The van der Waals surface area contributed by atoms with Crippen LogP contribution in [-0.4, -0.2) is 38.2 Å². The Bertz CT molecular complexity index is 594. The van der Waals surface area contributed by atoms with Gasteiger partial charge in [-0.3, -0.25) is 9.59 Å². The monoisotopic (exact) mass is 272 g/mol. The average molecular weight is 272 g/mol. The van der Waals surface area contributed by atoms with Gasteiger partial charge in [-0.25, -0.2) is 8.42 Å². The molecule has 0 fully saturated rings. The van der Waals surface area contributed by atoms with E-state index in [-0.39, 0.29) is 16.1 Å².